The molecule has 1 aromatic rings. The first-order chi connectivity index (χ1) is 3.00. The number of rotatable bonds is 0. The van der Waals surface area contributed by atoms with Gasteiger partial charge in [-0.1, -0.05) is 0 Å². The minimum absolute atomic E-state index is 0. The van der Waals surface area contributed by atoms with Crippen LogP contribution in [0.5, 0.6) is 0 Å². The third-order valence-corrected chi connectivity index (χ3v) is 0.607. The molecule has 0 unspecified atom stereocenters. The molecule has 0 saturated heterocycles. The quantitative estimate of drug-likeness (QED) is 0.373. The Morgan fingerprint density at radius 3 is 1.44 bits per heavy atom. The van der Waals surface area contributed by atoms with Crippen LogP contribution >= 0.6 is 24.0 Å². The summed E-state index contributed by atoms with van der Waals surface area (Å²) in [5, 5.41) is 0. The molecule has 0 spiro atoms. The minimum Gasteiger partial charge on any atom is -0.358 e. The van der Waals surface area contributed by atoms with Gasteiger partial charge in [0.2, 0.25) is 0 Å². The molecule has 0 radical (unpaired) electrons. The molecule has 9 heavy (non-hydrogen) atoms. The summed E-state index contributed by atoms with van der Waals surface area (Å²) in [7, 11) is 0. The van der Waals surface area contributed by atoms with E-state index in [2.05, 4.69) is 6.07 Å². The molecule has 0 heterocycles. The average Bonchev–Trinajstić information content (AvgIpc) is 1.72. The number of halogens is 1. The zero-order valence-electron chi connectivity index (χ0n) is 5.50. The van der Waals surface area contributed by atoms with Crippen LogP contribution in [-0.4, -0.2) is 23.1 Å². The Hall–Kier alpha value is 0.716. The molecule has 0 N–H and O–H groups in total. The van der Waals surface area contributed by atoms with Gasteiger partial charge < -0.3 is 7.43 Å². The first kappa shape index (κ1) is 16.4. The summed E-state index contributed by atoms with van der Waals surface area (Å²) in [4.78, 5) is 0. The molecule has 0 saturated carbocycles. The Balaban J connectivity index is -0.000000120. The van der Waals surface area contributed by atoms with Crippen molar-refractivity contribution in [2.75, 3.05) is 0 Å². The van der Waals surface area contributed by atoms with Crippen LogP contribution in [0.3, 0.4) is 0 Å². The molecule has 0 aliphatic heterocycles. The van der Waals surface area contributed by atoms with Gasteiger partial charge in [-0.3, -0.25) is 0 Å². The fourth-order valence-corrected chi connectivity index (χ4v) is 0.342. The second-order valence-corrected chi connectivity index (χ2v) is 1.08. The number of hydrogen-bond acceptors (Lipinski definition) is 0. The van der Waals surface area contributed by atoms with Crippen molar-refractivity contribution in [1.29, 1.82) is 0 Å². The summed E-state index contributed by atoms with van der Waals surface area (Å²) >= 11 is 0. The van der Waals surface area contributed by atoms with Gasteiger partial charge in [0.15, 0.2) is 0 Å². The van der Waals surface area contributed by atoms with Crippen LogP contribution in [0.25, 0.3) is 0 Å². The SMILES string of the molecule is I.[CH3-].[Mg+2].[c-]1ccccc1. The van der Waals surface area contributed by atoms with Crippen LogP contribution in [0, 0.1) is 13.5 Å². The molecule has 0 nitrogen and oxygen atoms in total. The van der Waals surface area contributed by atoms with E-state index < -0.39 is 0 Å². The van der Waals surface area contributed by atoms with Crippen molar-refractivity contribution < 1.29 is 0 Å². The summed E-state index contributed by atoms with van der Waals surface area (Å²) in [6.45, 7) is 0. The van der Waals surface area contributed by atoms with Crippen LogP contribution in [0.15, 0.2) is 30.3 Å². The molecule has 1 aromatic carbocycles. The first-order valence-electron chi connectivity index (χ1n) is 1.91. The second-order valence-electron chi connectivity index (χ2n) is 1.08. The maximum Gasteiger partial charge on any atom is 2.00 e. The van der Waals surface area contributed by atoms with Gasteiger partial charge in [-0.15, -0.1) is 24.0 Å². The summed E-state index contributed by atoms with van der Waals surface area (Å²) in [6, 6.07) is 12.5. The molecule has 0 atom stereocenters. The maximum absolute atomic E-state index is 2.89. The summed E-state index contributed by atoms with van der Waals surface area (Å²) in [5.41, 5.74) is 0. The minimum atomic E-state index is 0. The largest absolute Gasteiger partial charge is 2.00 e. The molecule has 0 bridgehead atoms. The Kier molecular flexibility index (Phi) is 20.9. The van der Waals surface area contributed by atoms with Gasteiger partial charge in [-0.25, -0.2) is 0 Å². The van der Waals surface area contributed by atoms with E-state index in [1.165, 1.54) is 0 Å². The van der Waals surface area contributed by atoms with Gasteiger partial charge in [-0.05, 0) is 0 Å². The topological polar surface area (TPSA) is 0 Å². The van der Waals surface area contributed by atoms with E-state index in [4.69, 9.17) is 0 Å². The van der Waals surface area contributed by atoms with Gasteiger partial charge in [0.1, 0.15) is 0 Å². The molecular weight excluding hydrogens is 235 g/mol. The van der Waals surface area contributed by atoms with Crippen molar-refractivity contribution >= 4 is 47.0 Å². The monoisotopic (exact) mass is 244 g/mol. The zero-order valence-corrected chi connectivity index (χ0v) is 9.25. The van der Waals surface area contributed by atoms with Crippen molar-refractivity contribution in [3.8, 4) is 0 Å². The molecule has 0 aliphatic rings. The molecule has 46 valence electrons. The van der Waals surface area contributed by atoms with Gasteiger partial charge in [0, 0.05) is 0 Å². The van der Waals surface area contributed by atoms with E-state index in [9.17, 15) is 0 Å². The van der Waals surface area contributed by atoms with Crippen molar-refractivity contribution in [3.05, 3.63) is 43.8 Å². The van der Waals surface area contributed by atoms with Crippen molar-refractivity contribution in [1.82, 2.24) is 0 Å². The second kappa shape index (κ2) is 11.5. The normalized spacial score (nSPS) is 5.33. The van der Waals surface area contributed by atoms with Crippen LogP contribution in [-0.2, 0) is 0 Å². The van der Waals surface area contributed by atoms with E-state index >= 15 is 0 Å². The molecule has 0 amide bonds. The standard InChI is InChI=1S/C6H5.CH3.HI.Mg/c1-2-4-6-5-3-1;;;/h1-5H;1H3;1H;/q2*-1;;+2. The zero-order chi connectivity index (χ0) is 4.24. The van der Waals surface area contributed by atoms with E-state index in [-0.39, 0.29) is 54.5 Å². The number of benzene rings is 1. The average molecular weight is 244 g/mol. The summed E-state index contributed by atoms with van der Waals surface area (Å²) < 4.78 is 0. The Morgan fingerprint density at radius 1 is 0.889 bits per heavy atom. The molecule has 0 fully saturated rings. The Morgan fingerprint density at radius 2 is 1.33 bits per heavy atom. The molecule has 2 heteroatoms. The first-order valence-corrected chi connectivity index (χ1v) is 1.91. The summed E-state index contributed by atoms with van der Waals surface area (Å²) in [5.74, 6) is 0. The fraction of sp³-hybridized carbons (Fsp3) is 0. The predicted molar refractivity (Wildman–Crippen MR) is 52.9 cm³/mol. The van der Waals surface area contributed by atoms with Crippen molar-refractivity contribution in [3.63, 3.8) is 0 Å². The van der Waals surface area contributed by atoms with Crippen LogP contribution in [0.4, 0.5) is 0 Å². The van der Waals surface area contributed by atoms with Crippen molar-refractivity contribution in [2.45, 2.75) is 0 Å². The van der Waals surface area contributed by atoms with Crippen molar-refractivity contribution in [2.24, 2.45) is 0 Å². The Labute approximate surface area is 90.2 Å². The summed E-state index contributed by atoms with van der Waals surface area (Å²) in [6.07, 6.45) is 0. The third kappa shape index (κ3) is 8.72. The van der Waals surface area contributed by atoms with Gasteiger partial charge >= 0.3 is 23.1 Å². The maximum atomic E-state index is 2.89. The molecule has 0 aromatic heterocycles. The molecule has 1 rings (SSSR count). The van der Waals surface area contributed by atoms with E-state index in [0.717, 1.165) is 0 Å². The van der Waals surface area contributed by atoms with Gasteiger partial charge in [0.05, 0.1) is 0 Å². The molecule has 0 aliphatic carbocycles. The molecular formula is C7H9IMg. The van der Waals surface area contributed by atoms with Crippen LogP contribution in [0.1, 0.15) is 0 Å². The number of hydrogen-bond donors (Lipinski definition) is 0. The van der Waals surface area contributed by atoms with Gasteiger partial charge in [0.25, 0.3) is 0 Å². The third-order valence-electron chi connectivity index (χ3n) is 0.607. The van der Waals surface area contributed by atoms with Crippen LogP contribution < -0.4 is 0 Å². The Bertz CT molecular complexity index is 80.8. The van der Waals surface area contributed by atoms with E-state index in [0.29, 0.717) is 0 Å². The fourth-order valence-electron chi connectivity index (χ4n) is 0.342. The van der Waals surface area contributed by atoms with Crippen LogP contribution in [0.2, 0.25) is 0 Å². The van der Waals surface area contributed by atoms with E-state index in [1.54, 1.807) is 0 Å². The van der Waals surface area contributed by atoms with E-state index in [1.807, 2.05) is 30.3 Å². The van der Waals surface area contributed by atoms with Gasteiger partial charge in [-0.2, -0.15) is 36.4 Å². The predicted octanol–water partition coefficient (Wildman–Crippen LogP) is 2.17. The smallest absolute Gasteiger partial charge is 0.358 e.